The van der Waals surface area contributed by atoms with E-state index in [1.54, 1.807) is 24.5 Å². The summed E-state index contributed by atoms with van der Waals surface area (Å²) < 4.78 is 0. The number of aliphatic hydroxyl groups is 1. The van der Waals surface area contributed by atoms with Crippen LogP contribution < -0.4 is 5.32 Å². The second kappa shape index (κ2) is 11.4. The number of likely N-dealkylation sites (tertiary alicyclic amines) is 1. The first-order valence-corrected chi connectivity index (χ1v) is 11.5. The molecule has 3 aromatic rings. The molecule has 1 unspecified atom stereocenters. The Bertz CT molecular complexity index is 1300. The molecule has 0 bridgehead atoms. The van der Waals surface area contributed by atoms with Gasteiger partial charge in [-0.3, -0.25) is 24.7 Å². The van der Waals surface area contributed by atoms with E-state index in [-0.39, 0.29) is 31.1 Å². The first kappa shape index (κ1) is 25.5. The molecule has 0 spiro atoms. The summed E-state index contributed by atoms with van der Waals surface area (Å²) in [4.78, 5) is 47.1. The van der Waals surface area contributed by atoms with Crippen LogP contribution in [-0.2, 0) is 9.63 Å². The maximum absolute atomic E-state index is 13.3. The molecule has 37 heavy (non-hydrogen) atoms. The molecule has 11 nitrogen and oxygen atoms in total. The molecule has 2 N–H and O–H groups in total. The first-order valence-electron chi connectivity index (χ1n) is 11.5. The van der Waals surface area contributed by atoms with Gasteiger partial charge in [-0.25, -0.2) is 0 Å². The molecular formula is C26H25N5O6. The number of nitrogens with zero attached hydrogens (tertiary/aromatic N) is 4. The quantitative estimate of drug-likeness (QED) is 0.355. The van der Waals surface area contributed by atoms with Crippen LogP contribution in [0.5, 0.6) is 0 Å². The predicted molar refractivity (Wildman–Crippen MR) is 135 cm³/mol. The normalized spacial score (nSPS) is 16.9. The second-order valence-corrected chi connectivity index (χ2v) is 8.42. The number of non-ortho nitro benzene ring substituents is 1. The molecule has 0 saturated carbocycles. The molecule has 4 rings (SSSR count). The fourth-order valence-electron chi connectivity index (χ4n) is 4.10. The van der Waals surface area contributed by atoms with Crippen molar-refractivity contribution >= 4 is 23.2 Å². The van der Waals surface area contributed by atoms with Crippen LogP contribution in [0.1, 0.15) is 28.4 Å². The molecule has 11 heteroatoms. The Morgan fingerprint density at radius 2 is 1.92 bits per heavy atom. The summed E-state index contributed by atoms with van der Waals surface area (Å²) in [5.74, 6) is -0.794. The highest BCUT2D eigenvalue weighted by Gasteiger charge is 2.38. The minimum atomic E-state index is -1.08. The summed E-state index contributed by atoms with van der Waals surface area (Å²) in [6.45, 7) is -0.00817. The van der Waals surface area contributed by atoms with Gasteiger partial charge in [0.05, 0.1) is 23.3 Å². The fourth-order valence-corrected chi connectivity index (χ4v) is 4.10. The van der Waals surface area contributed by atoms with Gasteiger partial charge in [0.2, 0.25) is 5.91 Å². The summed E-state index contributed by atoms with van der Waals surface area (Å²) in [7, 11) is 1.39. The van der Waals surface area contributed by atoms with Crippen molar-refractivity contribution in [2.24, 2.45) is 5.16 Å². The van der Waals surface area contributed by atoms with Gasteiger partial charge in [-0.2, -0.15) is 0 Å². The molecule has 1 aromatic heterocycles. The number of carbonyl (C=O) groups is 2. The molecule has 2 amide bonds. The van der Waals surface area contributed by atoms with Crippen LogP contribution in [0, 0.1) is 10.1 Å². The van der Waals surface area contributed by atoms with Gasteiger partial charge in [0.25, 0.3) is 11.6 Å². The zero-order chi connectivity index (χ0) is 26.4. The molecule has 2 atom stereocenters. The van der Waals surface area contributed by atoms with Crippen LogP contribution in [0.25, 0.3) is 11.1 Å². The zero-order valence-corrected chi connectivity index (χ0v) is 20.0. The summed E-state index contributed by atoms with van der Waals surface area (Å²) in [5, 5.41) is 27.9. The van der Waals surface area contributed by atoms with Crippen molar-refractivity contribution in [1.29, 1.82) is 0 Å². The SMILES string of the molecule is CO/N=C1/C[C@@H](C(=O)NCC(O)c2ccc([N+](=O)[O-])cc2)N(C(=O)c2ccc(-c3cccnc3)cc2)C1. The molecule has 1 saturated heterocycles. The summed E-state index contributed by atoms with van der Waals surface area (Å²) in [5.41, 5.74) is 3.09. The molecule has 1 aliphatic rings. The lowest BCUT2D eigenvalue weighted by molar-refractivity contribution is -0.384. The van der Waals surface area contributed by atoms with E-state index in [1.165, 1.54) is 36.3 Å². The van der Waals surface area contributed by atoms with Crippen molar-refractivity contribution in [3.05, 3.63) is 94.3 Å². The van der Waals surface area contributed by atoms with Crippen LogP contribution in [0.3, 0.4) is 0 Å². The van der Waals surface area contributed by atoms with Gasteiger partial charge in [-0.05, 0) is 47.0 Å². The van der Waals surface area contributed by atoms with Gasteiger partial charge in [-0.1, -0.05) is 23.4 Å². The molecule has 2 heterocycles. The third kappa shape index (κ3) is 5.96. The minimum Gasteiger partial charge on any atom is -0.399 e. The van der Waals surface area contributed by atoms with Gasteiger partial charge in [0, 0.05) is 43.1 Å². The largest absolute Gasteiger partial charge is 0.399 e. The van der Waals surface area contributed by atoms with Crippen molar-refractivity contribution in [2.45, 2.75) is 18.6 Å². The predicted octanol–water partition coefficient (Wildman–Crippen LogP) is 2.72. The summed E-state index contributed by atoms with van der Waals surface area (Å²) in [6, 6.07) is 15.4. The van der Waals surface area contributed by atoms with Crippen LogP contribution in [-0.4, -0.2) is 63.7 Å². The number of hydrogen-bond donors (Lipinski definition) is 2. The number of rotatable bonds is 8. The van der Waals surface area contributed by atoms with Gasteiger partial charge >= 0.3 is 0 Å². The van der Waals surface area contributed by atoms with Crippen LogP contribution in [0.15, 0.2) is 78.2 Å². The molecular weight excluding hydrogens is 478 g/mol. The van der Waals surface area contributed by atoms with Gasteiger partial charge in [-0.15, -0.1) is 0 Å². The Hall–Kier alpha value is -4.64. The highest BCUT2D eigenvalue weighted by Crippen LogP contribution is 2.23. The molecule has 0 radical (unpaired) electrons. The number of amides is 2. The Balaban J connectivity index is 1.45. The van der Waals surface area contributed by atoms with E-state index in [2.05, 4.69) is 15.5 Å². The average Bonchev–Trinajstić information content (AvgIpc) is 3.36. The van der Waals surface area contributed by atoms with Crippen LogP contribution >= 0.6 is 0 Å². The smallest absolute Gasteiger partial charge is 0.269 e. The topological polar surface area (TPSA) is 147 Å². The number of benzene rings is 2. The van der Waals surface area contributed by atoms with Crippen molar-refractivity contribution in [3.63, 3.8) is 0 Å². The Morgan fingerprint density at radius 1 is 1.19 bits per heavy atom. The van der Waals surface area contributed by atoms with Crippen molar-refractivity contribution < 1.29 is 24.5 Å². The maximum atomic E-state index is 13.3. The number of oxime groups is 1. The Morgan fingerprint density at radius 3 is 2.54 bits per heavy atom. The van der Waals surface area contributed by atoms with Crippen LogP contribution in [0.2, 0.25) is 0 Å². The van der Waals surface area contributed by atoms with Gasteiger partial charge < -0.3 is 20.2 Å². The van der Waals surface area contributed by atoms with Gasteiger partial charge in [0.15, 0.2) is 0 Å². The van der Waals surface area contributed by atoms with Crippen molar-refractivity contribution in [2.75, 3.05) is 20.2 Å². The standard InChI is InChI=1S/C26H25N5O6/c1-37-29-21-13-23(25(33)28-15-24(32)18-8-10-22(11-9-18)31(35)36)30(16-21)26(34)19-6-4-17(5-7-19)20-3-2-12-27-14-20/h2-12,14,23-24,32H,13,15-16H2,1H3,(H,28,33)/b29-21-/t23-,24?/m0/s1. The van der Waals surface area contributed by atoms with E-state index in [9.17, 15) is 24.8 Å². The summed E-state index contributed by atoms with van der Waals surface area (Å²) in [6.07, 6.45) is 2.52. The number of pyridine rings is 1. The second-order valence-electron chi connectivity index (χ2n) is 8.42. The van der Waals surface area contributed by atoms with Crippen molar-refractivity contribution in [3.8, 4) is 11.1 Å². The van der Waals surface area contributed by atoms with E-state index in [1.807, 2.05) is 24.3 Å². The van der Waals surface area contributed by atoms with E-state index < -0.39 is 23.0 Å². The number of nitro benzene ring substituents is 1. The van der Waals surface area contributed by atoms with E-state index in [0.29, 0.717) is 16.8 Å². The minimum absolute atomic E-state index is 0.0986. The Labute approximate surface area is 212 Å². The summed E-state index contributed by atoms with van der Waals surface area (Å²) >= 11 is 0. The molecule has 190 valence electrons. The zero-order valence-electron chi connectivity index (χ0n) is 20.0. The number of nitrogens with one attached hydrogen (secondary N) is 1. The van der Waals surface area contributed by atoms with E-state index >= 15 is 0 Å². The average molecular weight is 504 g/mol. The monoisotopic (exact) mass is 503 g/mol. The lowest BCUT2D eigenvalue weighted by Crippen LogP contribution is -2.46. The third-order valence-corrected chi connectivity index (χ3v) is 6.03. The molecule has 1 fully saturated rings. The number of carbonyl (C=O) groups excluding carboxylic acids is 2. The highest BCUT2D eigenvalue weighted by atomic mass is 16.6. The van der Waals surface area contributed by atoms with Gasteiger partial charge in [0.1, 0.15) is 13.2 Å². The van der Waals surface area contributed by atoms with Crippen molar-refractivity contribution in [1.82, 2.24) is 15.2 Å². The lowest BCUT2D eigenvalue weighted by Gasteiger charge is -2.24. The number of hydrogen-bond acceptors (Lipinski definition) is 8. The fraction of sp³-hybridized carbons (Fsp3) is 0.231. The Kier molecular flexibility index (Phi) is 7.84. The van der Waals surface area contributed by atoms with E-state index in [4.69, 9.17) is 4.84 Å². The molecule has 1 aliphatic heterocycles. The lowest BCUT2D eigenvalue weighted by atomic mass is 10.0. The number of nitro groups is 1. The molecule has 0 aliphatic carbocycles. The third-order valence-electron chi connectivity index (χ3n) is 6.03. The highest BCUT2D eigenvalue weighted by molar-refractivity contribution is 6.05. The molecule has 2 aromatic carbocycles. The first-order chi connectivity index (χ1) is 17.9. The van der Waals surface area contributed by atoms with Crippen LogP contribution in [0.4, 0.5) is 5.69 Å². The maximum Gasteiger partial charge on any atom is 0.269 e. The number of aliphatic hydroxyl groups excluding tert-OH is 1. The number of aromatic nitrogens is 1. The van der Waals surface area contributed by atoms with E-state index in [0.717, 1.165) is 11.1 Å².